The molecule has 0 saturated heterocycles. The zero-order chi connectivity index (χ0) is 18.4. The summed E-state index contributed by atoms with van der Waals surface area (Å²) in [6.45, 7) is 4.26. The Morgan fingerprint density at radius 2 is 1.73 bits per heavy atom. The Balaban J connectivity index is 1.56. The second-order valence-corrected chi connectivity index (χ2v) is 7.64. The van der Waals surface area contributed by atoms with Crippen molar-refractivity contribution in [2.45, 2.75) is 64.7 Å². The topological polar surface area (TPSA) is 0 Å². The molecule has 1 aliphatic carbocycles. The molecule has 0 heterocycles. The summed E-state index contributed by atoms with van der Waals surface area (Å²) in [6.07, 6.45) is 7.63. The van der Waals surface area contributed by atoms with Gasteiger partial charge in [-0.2, -0.15) is 0 Å². The van der Waals surface area contributed by atoms with Gasteiger partial charge >= 0.3 is 0 Å². The van der Waals surface area contributed by atoms with Crippen molar-refractivity contribution in [2.24, 2.45) is 5.92 Å². The van der Waals surface area contributed by atoms with Gasteiger partial charge < -0.3 is 0 Å². The van der Waals surface area contributed by atoms with E-state index in [0.29, 0.717) is 11.8 Å². The highest BCUT2D eigenvalue weighted by atomic mass is 19.1. The van der Waals surface area contributed by atoms with E-state index >= 15 is 0 Å². The molecule has 1 fully saturated rings. The lowest BCUT2D eigenvalue weighted by atomic mass is 9.79. The first-order valence-corrected chi connectivity index (χ1v) is 10.0. The molecular formula is C25H29F. The SMILES string of the molecule is CCCCc1ccc(C#CC2CCC(c3ccc(C)cc3)CC2)cc1F. The van der Waals surface area contributed by atoms with E-state index in [-0.39, 0.29) is 5.82 Å². The fraction of sp³-hybridized carbons (Fsp3) is 0.440. The largest absolute Gasteiger partial charge is 0.207 e. The fourth-order valence-electron chi connectivity index (χ4n) is 3.79. The predicted octanol–water partition coefficient (Wildman–Crippen LogP) is 6.80. The van der Waals surface area contributed by atoms with Gasteiger partial charge in [-0.25, -0.2) is 4.39 Å². The van der Waals surface area contributed by atoms with E-state index in [1.807, 2.05) is 12.1 Å². The van der Waals surface area contributed by atoms with Crippen molar-refractivity contribution < 1.29 is 4.39 Å². The van der Waals surface area contributed by atoms with Crippen LogP contribution in [0.15, 0.2) is 42.5 Å². The smallest absolute Gasteiger partial charge is 0.127 e. The Morgan fingerprint density at radius 3 is 2.38 bits per heavy atom. The van der Waals surface area contributed by atoms with Crippen LogP contribution in [0.4, 0.5) is 4.39 Å². The lowest BCUT2D eigenvalue weighted by Gasteiger charge is -2.26. The number of aryl methyl sites for hydroxylation is 2. The molecule has 2 aromatic carbocycles. The van der Waals surface area contributed by atoms with Crippen molar-refractivity contribution in [1.82, 2.24) is 0 Å². The van der Waals surface area contributed by atoms with Gasteiger partial charge in [0.2, 0.25) is 0 Å². The summed E-state index contributed by atoms with van der Waals surface area (Å²) in [5.41, 5.74) is 4.41. The maximum absolute atomic E-state index is 14.1. The lowest BCUT2D eigenvalue weighted by molar-refractivity contribution is 0.384. The van der Waals surface area contributed by atoms with Crippen LogP contribution in [0.1, 0.15) is 73.6 Å². The van der Waals surface area contributed by atoms with Crippen LogP contribution in [0.3, 0.4) is 0 Å². The molecular weight excluding hydrogens is 319 g/mol. The van der Waals surface area contributed by atoms with Gasteiger partial charge in [-0.15, -0.1) is 0 Å². The van der Waals surface area contributed by atoms with Crippen molar-refractivity contribution >= 4 is 0 Å². The first kappa shape index (κ1) is 18.7. The van der Waals surface area contributed by atoms with Gasteiger partial charge in [0, 0.05) is 11.5 Å². The molecule has 1 heteroatoms. The summed E-state index contributed by atoms with van der Waals surface area (Å²) < 4.78 is 14.1. The molecule has 136 valence electrons. The average Bonchev–Trinajstić information content (AvgIpc) is 2.67. The number of hydrogen-bond acceptors (Lipinski definition) is 0. The molecule has 0 N–H and O–H groups in total. The molecule has 0 unspecified atom stereocenters. The maximum Gasteiger partial charge on any atom is 0.127 e. The first-order valence-electron chi connectivity index (χ1n) is 10.0. The third-order valence-corrected chi connectivity index (χ3v) is 5.55. The maximum atomic E-state index is 14.1. The molecule has 26 heavy (non-hydrogen) atoms. The Morgan fingerprint density at radius 1 is 1.00 bits per heavy atom. The number of rotatable bonds is 4. The zero-order valence-electron chi connectivity index (χ0n) is 16.0. The van der Waals surface area contributed by atoms with Gasteiger partial charge in [-0.05, 0) is 74.6 Å². The van der Waals surface area contributed by atoms with E-state index < -0.39 is 0 Å². The van der Waals surface area contributed by atoms with Crippen molar-refractivity contribution in [3.63, 3.8) is 0 Å². The molecule has 0 amide bonds. The van der Waals surface area contributed by atoms with Gasteiger partial charge in [-0.3, -0.25) is 0 Å². The number of halogens is 1. The van der Waals surface area contributed by atoms with Crippen LogP contribution < -0.4 is 0 Å². The number of hydrogen-bond donors (Lipinski definition) is 0. The minimum absolute atomic E-state index is 0.103. The minimum atomic E-state index is -0.103. The Kier molecular flexibility index (Phi) is 6.51. The molecule has 0 nitrogen and oxygen atoms in total. The van der Waals surface area contributed by atoms with E-state index in [4.69, 9.17) is 0 Å². The Labute approximate surface area is 157 Å². The summed E-state index contributed by atoms with van der Waals surface area (Å²) in [6, 6.07) is 14.4. The predicted molar refractivity (Wildman–Crippen MR) is 108 cm³/mol. The normalized spacial score (nSPS) is 19.7. The summed E-state index contributed by atoms with van der Waals surface area (Å²) in [5, 5.41) is 0. The van der Waals surface area contributed by atoms with Crippen LogP contribution in [0.5, 0.6) is 0 Å². The van der Waals surface area contributed by atoms with E-state index in [0.717, 1.165) is 43.2 Å². The van der Waals surface area contributed by atoms with Gasteiger partial charge in [0.05, 0.1) is 0 Å². The molecule has 1 saturated carbocycles. The molecule has 2 aromatic rings. The van der Waals surface area contributed by atoms with Crippen LogP contribution >= 0.6 is 0 Å². The lowest BCUT2D eigenvalue weighted by Crippen LogP contribution is -2.12. The first-order chi connectivity index (χ1) is 12.7. The molecule has 3 rings (SSSR count). The van der Waals surface area contributed by atoms with Crippen molar-refractivity contribution in [2.75, 3.05) is 0 Å². The average molecular weight is 349 g/mol. The molecule has 0 bridgehead atoms. The van der Waals surface area contributed by atoms with Crippen molar-refractivity contribution in [3.8, 4) is 11.8 Å². The summed E-state index contributed by atoms with van der Waals surface area (Å²) in [4.78, 5) is 0. The molecule has 0 aromatic heterocycles. The molecule has 0 spiro atoms. The molecule has 0 aliphatic heterocycles. The second-order valence-electron chi connectivity index (χ2n) is 7.64. The summed E-state index contributed by atoms with van der Waals surface area (Å²) >= 11 is 0. The highest BCUT2D eigenvalue weighted by Crippen LogP contribution is 2.35. The van der Waals surface area contributed by atoms with Crippen LogP contribution in [0, 0.1) is 30.5 Å². The van der Waals surface area contributed by atoms with Gasteiger partial charge in [-0.1, -0.05) is 61.1 Å². The molecule has 0 radical (unpaired) electrons. The monoisotopic (exact) mass is 348 g/mol. The fourth-order valence-corrected chi connectivity index (χ4v) is 3.79. The quantitative estimate of drug-likeness (QED) is 0.533. The second kappa shape index (κ2) is 9.04. The van der Waals surface area contributed by atoms with Crippen LogP contribution in [0.25, 0.3) is 0 Å². The zero-order valence-corrected chi connectivity index (χ0v) is 16.0. The molecule has 0 atom stereocenters. The van der Waals surface area contributed by atoms with Crippen LogP contribution in [0.2, 0.25) is 0 Å². The third-order valence-electron chi connectivity index (χ3n) is 5.55. The summed E-state index contributed by atoms with van der Waals surface area (Å²) in [5.74, 6) is 7.61. The van der Waals surface area contributed by atoms with E-state index in [1.165, 1.54) is 24.0 Å². The van der Waals surface area contributed by atoms with E-state index in [9.17, 15) is 4.39 Å². The highest BCUT2D eigenvalue weighted by molar-refractivity contribution is 5.37. The summed E-state index contributed by atoms with van der Waals surface area (Å²) in [7, 11) is 0. The van der Waals surface area contributed by atoms with Crippen LogP contribution in [-0.4, -0.2) is 0 Å². The Hall–Kier alpha value is -2.07. The minimum Gasteiger partial charge on any atom is -0.207 e. The van der Waals surface area contributed by atoms with Gasteiger partial charge in [0.15, 0.2) is 0 Å². The van der Waals surface area contributed by atoms with E-state index in [2.05, 4.69) is 50.0 Å². The standard InChI is InChI=1S/C25H29F/c1-3-4-5-24-17-12-21(18-25(24)26)9-8-20-10-15-23(16-11-20)22-13-6-19(2)7-14-22/h6-7,12-14,17-18,20,23H,3-5,10-11,15-16H2,1-2H3. The van der Waals surface area contributed by atoms with Crippen molar-refractivity contribution in [3.05, 3.63) is 70.5 Å². The van der Waals surface area contributed by atoms with E-state index in [1.54, 1.807) is 6.07 Å². The number of unbranched alkanes of at least 4 members (excludes halogenated alkanes) is 1. The Bertz CT molecular complexity index is 768. The van der Waals surface area contributed by atoms with Gasteiger partial charge in [0.1, 0.15) is 5.82 Å². The van der Waals surface area contributed by atoms with Crippen LogP contribution in [-0.2, 0) is 6.42 Å². The highest BCUT2D eigenvalue weighted by Gasteiger charge is 2.21. The number of benzene rings is 2. The third kappa shape index (κ3) is 4.98. The van der Waals surface area contributed by atoms with Gasteiger partial charge in [0.25, 0.3) is 0 Å². The van der Waals surface area contributed by atoms with Crippen molar-refractivity contribution in [1.29, 1.82) is 0 Å². The molecule has 1 aliphatic rings.